The van der Waals surface area contributed by atoms with E-state index >= 15 is 0 Å². The second-order valence-corrected chi connectivity index (χ2v) is 6.79. The van der Waals surface area contributed by atoms with E-state index in [0.717, 1.165) is 0 Å². The van der Waals surface area contributed by atoms with E-state index in [0.29, 0.717) is 16.6 Å². The molecule has 1 aromatic heterocycles. The van der Waals surface area contributed by atoms with Gasteiger partial charge in [-0.05, 0) is 31.0 Å². The van der Waals surface area contributed by atoms with Crippen molar-refractivity contribution in [1.82, 2.24) is 10.2 Å². The van der Waals surface area contributed by atoms with Crippen LogP contribution in [-0.2, 0) is 0 Å². The number of nitrogens with one attached hydrogen (secondary N) is 1. The maximum Gasteiger partial charge on any atom is 0.430 e. The van der Waals surface area contributed by atoms with Gasteiger partial charge >= 0.3 is 12.4 Å². The quantitative estimate of drug-likeness (QED) is 0.683. The zero-order valence-corrected chi connectivity index (χ0v) is 15.4. The van der Waals surface area contributed by atoms with Crippen molar-refractivity contribution in [2.75, 3.05) is 0 Å². The van der Waals surface area contributed by atoms with Crippen LogP contribution in [0.25, 0.3) is 10.9 Å². The molecular weight excluding hydrogens is 412 g/mol. The Morgan fingerprint density at radius 1 is 1.13 bits per heavy atom. The van der Waals surface area contributed by atoms with Gasteiger partial charge in [-0.15, -0.1) is 0 Å². The van der Waals surface area contributed by atoms with E-state index in [1.807, 2.05) is 0 Å². The molecule has 0 fully saturated rings. The van der Waals surface area contributed by atoms with Gasteiger partial charge in [0.05, 0.1) is 28.9 Å². The lowest BCUT2D eigenvalue weighted by atomic mass is 9.75. The molecule has 2 heterocycles. The van der Waals surface area contributed by atoms with E-state index in [-0.39, 0.29) is 11.1 Å². The summed E-state index contributed by atoms with van der Waals surface area (Å²) in [5.41, 5.74) is -1.17. The van der Waals surface area contributed by atoms with Gasteiger partial charge in [-0.25, -0.2) is 0 Å². The topological polar surface area (TPSA) is 88.6 Å². The summed E-state index contributed by atoms with van der Waals surface area (Å²) in [6, 6.07) is 7.64. The first-order valence-electron chi connectivity index (χ1n) is 8.66. The van der Waals surface area contributed by atoms with Gasteiger partial charge in [0.25, 0.3) is 0 Å². The van der Waals surface area contributed by atoms with Crippen molar-refractivity contribution in [3.8, 4) is 12.1 Å². The molecule has 1 N–H and O–H groups in total. The zero-order valence-electron chi connectivity index (χ0n) is 15.4. The average Bonchev–Trinajstić information content (AvgIpc) is 3.03. The lowest BCUT2D eigenvalue weighted by Crippen LogP contribution is -2.37. The average molecular weight is 425 g/mol. The molecule has 11 heteroatoms. The first-order valence-corrected chi connectivity index (χ1v) is 8.66. The minimum atomic E-state index is -5.04. The standard InChI is InChI=1S/C19H13F6N5/c1-9-11-6-10(2-3-15(11)30-29-9)16-12(7-26)14(4-5-18(20,21)22)28-17(13(16)8-27)19(23,24)25/h2-3,6,13,16H,4-5H2,1H3,(H,29,30). The molecule has 1 aliphatic heterocycles. The van der Waals surface area contributed by atoms with Crippen LogP contribution in [0.2, 0.25) is 0 Å². The number of aromatic nitrogens is 2. The van der Waals surface area contributed by atoms with E-state index in [1.165, 1.54) is 18.2 Å². The number of aryl methyl sites for hydroxylation is 1. The van der Waals surface area contributed by atoms with Crippen LogP contribution in [0.3, 0.4) is 0 Å². The monoisotopic (exact) mass is 425 g/mol. The van der Waals surface area contributed by atoms with E-state index in [2.05, 4.69) is 15.2 Å². The number of allylic oxidation sites excluding steroid dienone is 2. The molecule has 0 spiro atoms. The third-order valence-electron chi connectivity index (χ3n) is 4.83. The van der Waals surface area contributed by atoms with Crippen molar-refractivity contribution in [3.05, 3.63) is 40.7 Å². The van der Waals surface area contributed by atoms with Crippen LogP contribution < -0.4 is 0 Å². The number of nitrogens with zero attached hydrogens (tertiary/aromatic N) is 4. The van der Waals surface area contributed by atoms with Crippen molar-refractivity contribution >= 4 is 16.6 Å². The summed E-state index contributed by atoms with van der Waals surface area (Å²) >= 11 is 0. The second-order valence-electron chi connectivity index (χ2n) is 6.79. The van der Waals surface area contributed by atoms with E-state index < -0.39 is 48.4 Å². The molecule has 1 aliphatic rings. The zero-order chi connectivity index (χ0) is 22.3. The summed E-state index contributed by atoms with van der Waals surface area (Å²) in [6.07, 6.45) is -12.0. The Morgan fingerprint density at radius 3 is 2.40 bits per heavy atom. The van der Waals surface area contributed by atoms with E-state index in [9.17, 15) is 36.9 Å². The Morgan fingerprint density at radius 2 is 1.83 bits per heavy atom. The molecule has 2 atom stereocenters. The number of hydrogen-bond acceptors (Lipinski definition) is 4. The third kappa shape index (κ3) is 4.01. The van der Waals surface area contributed by atoms with Gasteiger partial charge in [-0.3, -0.25) is 10.1 Å². The van der Waals surface area contributed by atoms with Crippen LogP contribution >= 0.6 is 0 Å². The molecule has 0 saturated heterocycles. The molecular formula is C19H13F6N5. The number of alkyl halides is 6. The number of nitriles is 2. The largest absolute Gasteiger partial charge is 0.430 e. The highest BCUT2D eigenvalue weighted by molar-refractivity contribution is 5.97. The molecule has 0 radical (unpaired) electrons. The molecule has 30 heavy (non-hydrogen) atoms. The highest BCUT2D eigenvalue weighted by Gasteiger charge is 2.48. The van der Waals surface area contributed by atoms with Crippen LogP contribution in [0, 0.1) is 35.5 Å². The Balaban J connectivity index is 2.22. The molecule has 1 aromatic carbocycles. The van der Waals surface area contributed by atoms with E-state index in [4.69, 9.17) is 0 Å². The molecule has 2 unspecified atom stereocenters. The number of hydrogen-bond donors (Lipinski definition) is 1. The smallest absolute Gasteiger partial charge is 0.282 e. The van der Waals surface area contributed by atoms with Gasteiger partial charge in [0.15, 0.2) is 0 Å². The highest BCUT2D eigenvalue weighted by atomic mass is 19.4. The van der Waals surface area contributed by atoms with Gasteiger partial charge in [0, 0.05) is 23.4 Å². The van der Waals surface area contributed by atoms with Gasteiger partial charge in [-0.2, -0.15) is 42.0 Å². The summed E-state index contributed by atoms with van der Waals surface area (Å²) in [7, 11) is 0. The number of halogens is 6. The van der Waals surface area contributed by atoms with Crippen molar-refractivity contribution in [2.24, 2.45) is 10.9 Å². The Hall–Kier alpha value is -3.34. The van der Waals surface area contributed by atoms with Crippen LogP contribution in [0.4, 0.5) is 26.3 Å². The molecule has 2 aromatic rings. The molecule has 5 nitrogen and oxygen atoms in total. The predicted octanol–water partition coefficient (Wildman–Crippen LogP) is 5.23. The van der Waals surface area contributed by atoms with Crippen molar-refractivity contribution < 1.29 is 26.3 Å². The molecule has 0 bridgehead atoms. The molecule has 0 saturated carbocycles. The summed E-state index contributed by atoms with van der Waals surface area (Å²) in [6.45, 7) is 1.68. The van der Waals surface area contributed by atoms with Crippen molar-refractivity contribution in [2.45, 2.75) is 38.0 Å². The highest BCUT2D eigenvalue weighted by Crippen LogP contribution is 2.44. The number of rotatable bonds is 3. The SMILES string of the molecule is Cc1[nH]nc2ccc(C3C(C#N)=C(CCC(F)(F)F)N=C(C(F)(F)F)C3C#N)cc12. The fourth-order valence-corrected chi connectivity index (χ4v) is 3.45. The molecule has 0 aliphatic carbocycles. The second kappa shape index (κ2) is 7.48. The number of benzene rings is 1. The van der Waals surface area contributed by atoms with Crippen LogP contribution in [0.1, 0.15) is 30.0 Å². The maximum absolute atomic E-state index is 13.6. The number of H-pyrrole nitrogens is 1. The summed E-state index contributed by atoms with van der Waals surface area (Å²) in [5.74, 6) is -3.28. The normalized spacial score (nSPS) is 20.1. The first kappa shape index (κ1) is 21.4. The minimum absolute atomic E-state index is 0.191. The van der Waals surface area contributed by atoms with Crippen LogP contribution in [-0.4, -0.2) is 28.3 Å². The van der Waals surface area contributed by atoms with Crippen molar-refractivity contribution in [1.29, 1.82) is 10.5 Å². The maximum atomic E-state index is 13.6. The predicted molar refractivity (Wildman–Crippen MR) is 94.1 cm³/mol. The third-order valence-corrected chi connectivity index (χ3v) is 4.83. The van der Waals surface area contributed by atoms with Crippen LogP contribution in [0.15, 0.2) is 34.5 Å². The lowest BCUT2D eigenvalue weighted by molar-refractivity contribution is -0.134. The summed E-state index contributed by atoms with van der Waals surface area (Å²) in [4.78, 5) is 3.31. The minimum Gasteiger partial charge on any atom is -0.282 e. The fraction of sp³-hybridized carbons (Fsp3) is 0.368. The van der Waals surface area contributed by atoms with E-state index in [1.54, 1.807) is 19.1 Å². The molecule has 0 amide bonds. The molecule has 3 rings (SSSR count). The summed E-state index contributed by atoms with van der Waals surface area (Å²) < 4.78 is 78.8. The van der Waals surface area contributed by atoms with Gasteiger partial charge in [0.2, 0.25) is 0 Å². The Bertz CT molecular complexity index is 1120. The number of fused-ring (bicyclic) bond motifs is 1. The Kier molecular flexibility index (Phi) is 5.33. The first-order chi connectivity index (χ1) is 14.0. The Labute approximate surface area is 166 Å². The summed E-state index contributed by atoms with van der Waals surface area (Å²) in [5, 5.41) is 26.4. The van der Waals surface area contributed by atoms with Crippen molar-refractivity contribution in [3.63, 3.8) is 0 Å². The van der Waals surface area contributed by atoms with Gasteiger partial charge in [0.1, 0.15) is 11.6 Å². The fourth-order valence-electron chi connectivity index (χ4n) is 3.45. The van der Waals surface area contributed by atoms with Gasteiger partial charge in [-0.1, -0.05) is 6.07 Å². The van der Waals surface area contributed by atoms with Gasteiger partial charge < -0.3 is 0 Å². The number of aromatic amines is 1. The van der Waals surface area contributed by atoms with Crippen LogP contribution in [0.5, 0.6) is 0 Å². The number of aliphatic imine (C=N–C) groups is 1. The molecule has 156 valence electrons. The lowest BCUT2D eigenvalue weighted by Gasteiger charge is -2.30.